The molecule has 1 unspecified atom stereocenters. The van der Waals surface area contributed by atoms with Gasteiger partial charge in [-0.25, -0.2) is 4.79 Å². The predicted octanol–water partition coefficient (Wildman–Crippen LogP) is 1.11. The molecule has 1 aliphatic carbocycles. The fourth-order valence-electron chi connectivity index (χ4n) is 1.52. The van der Waals surface area contributed by atoms with Crippen molar-refractivity contribution in [1.29, 1.82) is 0 Å². The summed E-state index contributed by atoms with van der Waals surface area (Å²) in [7, 11) is 1.59. The second kappa shape index (κ2) is 3.54. The number of likely N-dealkylation sites (N-methyl/N-ethyl adjacent to an activating group) is 1. The lowest BCUT2D eigenvalue weighted by Gasteiger charge is -2.26. The summed E-state index contributed by atoms with van der Waals surface area (Å²) < 4.78 is 0. The molecule has 4 nitrogen and oxygen atoms in total. The molecule has 0 aromatic carbocycles. The number of hydrogen-bond acceptors (Lipinski definition) is 2. The van der Waals surface area contributed by atoms with Gasteiger partial charge in [-0.3, -0.25) is 0 Å². The molecular formula is C9H18N2O2. The fourth-order valence-corrected chi connectivity index (χ4v) is 1.52. The molecule has 13 heavy (non-hydrogen) atoms. The van der Waals surface area contributed by atoms with E-state index in [9.17, 15) is 4.79 Å². The molecule has 1 rings (SSSR count). The van der Waals surface area contributed by atoms with E-state index in [1.54, 1.807) is 7.05 Å². The molecule has 0 spiro atoms. The highest BCUT2D eigenvalue weighted by molar-refractivity contribution is 5.65. The molecule has 0 bridgehead atoms. The summed E-state index contributed by atoms with van der Waals surface area (Å²) in [6.45, 7) is 2.60. The smallest absolute Gasteiger partial charge is 0.407 e. The number of amides is 1. The van der Waals surface area contributed by atoms with Gasteiger partial charge >= 0.3 is 6.09 Å². The van der Waals surface area contributed by atoms with E-state index in [0.717, 1.165) is 6.42 Å². The monoisotopic (exact) mass is 186 g/mol. The molecule has 0 saturated heterocycles. The first-order chi connectivity index (χ1) is 5.98. The molecular weight excluding hydrogens is 168 g/mol. The van der Waals surface area contributed by atoms with Crippen LogP contribution < -0.4 is 5.73 Å². The van der Waals surface area contributed by atoms with Crippen LogP contribution >= 0.6 is 0 Å². The van der Waals surface area contributed by atoms with Gasteiger partial charge in [-0.2, -0.15) is 0 Å². The number of carbonyl (C=O) groups is 1. The third-order valence-corrected chi connectivity index (χ3v) is 2.95. The third-order valence-electron chi connectivity index (χ3n) is 2.95. The van der Waals surface area contributed by atoms with Crippen LogP contribution in [0.3, 0.4) is 0 Å². The predicted molar refractivity (Wildman–Crippen MR) is 50.6 cm³/mol. The van der Waals surface area contributed by atoms with E-state index in [4.69, 9.17) is 10.8 Å². The lowest BCUT2D eigenvalue weighted by Crippen LogP contribution is -2.42. The summed E-state index contributed by atoms with van der Waals surface area (Å²) in [6, 6.07) is -0.0231. The van der Waals surface area contributed by atoms with E-state index < -0.39 is 6.09 Å². The molecule has 76 valence electrons. The van der Waals surface area contributed by atoms with Gasteiger partial charge in [0, 0.05) is 19.6 Å². The molecule has 0 aromatic heterocycles. The van der Waals surface area contributed by atoms with Gasteiger partial charge < -0.3 is 15.7 Å². The van der Waals surface area contributed by atoms with Crippen molar-refractivity contribution in [2.24, 2.45) is 11.1 Å². The second-order valence-electron chi connectivity index (χ2n) is 4.30. The molecule has 1 atom stereocenters. The maximum atomic E-state index is 10.7. The van der Waals surface area contributed by atoms with Gasteiger partial charge in [-0.1, -0.05) is 6.92 Å². The van der Waals surface area contributed by atoms with Gasteiger partial charge in [0.15, 0.2) is 0 Å². The minimum absolute atomic E-state index is 0.0231. The zero-order valence-corrected chi connectivity index (χ0v) is 8.29. The van der Waals surface area contributed by atoms with Crippen LogP contribution in [0.5, 0.6) is 0 Å². The number of hydrogen-bond donors (Lipinski definition) is 2. The van der Waals surface area contributed by atoms with Gasteiger partial charge in [0.1, 0.15) is 0 Å². The van der Waals surface area contributed by atoms with E-state index in [1.165, 1.54) is 17.7 Å². The average Bonchev–Trinajstić information content (AvgIpc) is 2.79. The van der Waals surface area contributed by atoms with Gasteiger partial charge in [0.2, 0.25) is 0 Å². The highest BCUT2D eigenvalue weighted by Crippen LogP contribution is 2.49. The summed E-state index contributed by atoms with van der Waals surface area (Å²) >= 11 is 0. The van der Waals surface area contributed by atoms with Crippen molar-refractivity contribution in [3.63, 3.8) is 0 Å². The Morgan fingerprint density at radius 3 is 2.54 bits per heavy atom. The van der Waals surface area contributed by atoms with Gasteiger partial charge in [0.05, 0.1) is 0 Å². The van der Waals surface area contributed by atoms with Crippen molar-refractivity contribution in [3.05, 3.63) is 0 Å². The van der Waals surface area contributed by atoms with Crippen LogP contribution in [0.25, 0.3) is 0 Å². The van der Waals surface area contributed by atoms with Crippen LogP contribution in [0, 0.1) is 5.41 Å². The van der Waals surface area contributed by atoms with Gasteiger partial charge in [0.25, 0.3) is 0 Å². The summed E-state index contributed by atoms with van der Waals surface area (Å²) in [4.78, 5) is 12.0. The van der Waals surface area contributed by atoms with Crippen molar-refractivity contribution < 1.29 is 9.90 Å². The quantitative estimate of drug-likeness (QED) is 0.691. The first-order valence-electron chi connectivity index (χ1n) is 4.64. The maximum absolute atomic E-state index is 10.7. The SMILES string of the molecule is CN(C(=O)O)C(CN)CC1(C)CC1. The average molecular weight is 186 g/mol. The molecule has 1 saturated carbocycles. The van der Waals surface area contributed by atoms with E-state index >= 15 is 0 Å². The summed E-state index contributed by atoms with van der Waals surface area (Å²) in [5.74, 6) is 0. The van der Waals surface area contributed by atoms with E-state index in [1.807, 2.05) is 0 Å². The Hall–Kier alpha value is -0.770. The van der Waals surface area contributed by atoms with Crippen molar-refractivity contribution in [2.75, 3.05) is 13.6 Å². The zero-order valence-electron chi connectivity index (χ0n) is 8.29. The van der Waals surface area contributed by atoms with Crippen LogP contribution in [0.1, 0.15) is 26.2 Å². The molecule has 1 fully saturated rings. The first kappa shape index (κ1) is 10.3. The molecule has 0 heterocycles. The number of nitrogens with zero attached hydrogens (tertiary/aromatic N) is 1. The fraction of sp³-hybridized carbons (Fsp3) is 0.889. The van der Waals surface area contributed by atoms with Crippen molar-refractivity contribution in [2.45, 2.75) is 32.2 Å². The zero-order chi connectivity index (χ0) is 10.1. The Balaban J connectivity index is 2.46. The second-order valence-corrected chi connectivity index (χ2v) is 4.30. The Morgan fingerprint density at radius 2 is 2.23 bits per heavy atom. The standard InChI is InChI=1S/C9H18N2O2/c1-9(3-4-9)5-7(6-10)11(2)8(12)13/h7H,3-6,10H2,1-2H3,(H,12,13). The summed E-state index contributed by atoms with van der Waals surface area (Å²) in [5, 5.41) is 8.77. The molecule has 1 amide bonds. The topological polar surface area (TPSA) is 66.6 Å². The highest BCUT2D eigenvalue weighted by atomic mass is 16.4. The Kier molecular flexibility index (Phi) is 2.81. The minimum Gasteiger partial charge on any atom is -0.465 e. The van der Waals surface area contributed by atoms with Crippen LogP contribution in [0.15, 0.2) is 0 Å². The van der Waals surface area contributed by atoms with Crippen molar-refractivity contribution in [3.8, 4) is 0 Å². The summed E-state index contributed by atoms with van der Waals surface area (Å²) in [5.41, 5.74) is 5.90. The van der Waals surface area contributed by atoms with Crippen molar-refractivity contribution >= 4 is 6.09 Å². The highest BCUT2D eigenvalue weighted by Gasteiger charge is 2.40. The molecule has 3 N–H and O–H groups in total. The lowest BCUT2D eigenvalue weighted by molar-refractivity contribution is 0.132. The van der Waals surface area contributed by atoms with Crippen LogP contribution in [0.4, 0.5) is 4.79 Å². The van der Waals surface area contributed by atoms with E-state index in [-0.39, 0.29) is 6.04 Å². The minimum atomic E-state index is -0.889. The Bertz CT molecular complexity index is 202. The van der Waals surface area contributed by atoms with Gasteiger partial charge in [-0.05, 0) is 24.7 Å². The maximum Gasteiger partial charge on any atom is 0.407 e. The number of rotatable bonds is 4. The van der Waals surface area contributed by atoms with Crippen molar-refractivity contribution in [1.82, 2.24) is 4.90 Å². The largest absolute Gasteiger partial charge is 0.465 e. The summed E-state index contributed by atoms with van der Waals surface area (Å²) in [6.07, 6.45) is 2.42. The van der Waals surface area contributed by atoms with Crippen LogP contribution in [-0.4, -0.2) is 35.7 Å². The van der Waals surface area contributed by atoms with Crippen LogP contribution in [0.2, 0.25) is 0 Å². The molecule has 0 aromatic rings. The molecule has 1 aliphatic rings. The Morgan fingerprint density at radius 1 is 1.69 bits per heavy atom. The molecule has 4 heteroatoms. The molecule has 0 radical (unpaired) electrons. The van der Waals surface area contributed by atoms with Gasteiger partial charge in [-0.15, -0.1) is 0 Å². The normalized spacial score (nSPS) is 20.8. The molecule has 0 aliphatic heterocycles. The Labute approximate surface area is 78.7 Å². The number of nitrogens with two attached hydrogens (primary N) is 1. The van der Waals surface area contributed by atoms with Crippen LogP contribution in [-0.2, 0) is 0 Å². The van der Waals surface area contributed by atoms with E-state index in [2.05, 4.69) is 6.92 Å². The lowest BCUT2D eigenvalue weighted by atomic mass is 9.98. The van der Waals surface area contributed by atoms with E-state index in [0.29, 0.717) is 12.0 Å². The number of carboxylic acid groups (broad SMARTS) is 1. The first-order valence-corrected chi connectivity index (χ1v) is 4.64. The third kappa shape index (κ3) is 2.59.